The Kier molecular flexibility index (Phi) is 18.7. The third kappa shape index (κ3) is 13.9. The quantitative estimate of drug-likeness (QED) is 0.0403. The Hall–Kier alpha value is -3.61. The van der Waals surface area contributed by atoms with Crippen molar-refractivity contribution in [2.45, 2.75) is 153 Å². The summed E-state index contributed by atoms with van der Waals surface area (Å²) in [6, 6.07) is 22.0. The summed E-state index contributed by atoms with van der Waals surface area (Å²) in [5.41, 5.74) is 6.34. The molecule has 2 aromatic heterocycles. The van der Waals surface area contributed by atoms with Gasteiger partial charge in [0.15, 0.2) is 11.6 Å². The van der Waals surface area contributed by atoms with Gasteiger partial charge >= 0.3 is 7.82 Å². The van der Waals surface area contributed by atoms with Crippen LogP contribution in [0.2, 0.25) is 5.02 Å². The second-order valence-corrected chi connectivity index (χ2v) is 18.9. The first-order valence-corrected chi connectivity index (χ1v) is 24.5. The van der Waals surface area contributed by atoms with Crippen molar-refractivity contribution in [1.82, 2.24) is 14.6 Å². The van der Waals surface area contributed by atoms with Crippen LogP contribution in [0.3, 0.4) is 0 Å². The summed E-state index contributed by atoms with van der Waals surface area (Å²) < 4.78 is 66.0. The number of aromatic nitrogens is 3. The molecule has 6 atom stereocenters. The first kappa shape index (κ1) is 48.8. The molecule has 3 unspecified atom stereocenters. The van der Waals surface area contributed by atoms with E-state index in [0.29, 0.717) is 17.8 Å². The Bertz CT molecular complexity index is 2090. The number of rotatable bonds is 29. The van der Waals surface area contributed by atoms with Gasteiger partial charge in [-0.2, -0.15) is 10.4 Å². The zero-order valence-corrected chi connectivity index (χ0v) is 38.7. The van der Waals surface area contributed by atoms with E-state index in [2.05, 4.69) is 23.1 Å². The number of hydrogen-bond acceptors (Lipinski definition) is 13. The number of para-hydroxylation sites is 1. The molecule has 14 nitrogen and oxygen atoms in total. The first-order chi connectivity index (χ1) is 30.6. The highest BCUT2D eigenvalue weighted by Gasteiger charge is 2.65. The third-order valence-corrected chi connectivity index (χ3v) is 13.0. The van der Waals surface area contributed by atoms with E-state index in [0.717, 1.165) is 18.4 Å². The number of hydrogen-bond donors (Lipinski definition) is 1. The minimum absolute atomic E-state index is 0.0610. The van der Waals surface area contributed by atoms with E-state index in [-0.39, 0.29) is 36.4 Å². The van der Waals surface area contributed by atoms with Gasteiger partial charge in [0.25, 0.3) is 0 Å². The molecule has 2 saturated heterocycles. The topological polar surface area (TPSA) is 171 Å². The minimum Gasteiger partial charge on any atom is -0.402 e. The van der Waals surface area contributed by atoms with Gasteiger partial charge in [0.1, 0.15) is 54.7 Å². The predicted molar refractivity (Wildman–Crippen MR) is 241 cm³/mol. The summed E-state index contributed by atoms with van der Waals surface area (Å²) in [5.74, 6) is -0.762. The van der Waals surface area contributed by atoms with E-state index in [1.165, 1.54) is 83.4 Å². The van der Waals surface area contributed by atoms with Gasteiger partial charge in [0.2, 0.25) is 5.60 Å². The average Bonchev–Trinajstić information content (AvgIpc) is 3.95. The van der Waals surface area contributed by atoms with Crippen molar-refractivity contribution in [2.24, 2.45) is 0 Å². The molecule has 0 bridgehead atoms. The van der Waals surface area contributed by atoms with Gasteiger partial charge in [-0.3, -0.25) is 9.05 Å². The number of fused-ring (bicyclic) bond motifs is 2. The van der Waals surface area contributed by atoms with Crippen LogP contribution in [0.5, 0.6) is 5.75 Å². The maximum absolute atomic E-state index is 14.8. The van der Waals surface area contributed by atoms with E-state index < -0.39 is 50.2 Å². The summed E-state index contributed by atoms with van der Waals surface area (Å²) in [5, 5.41) is 15.4. The minimum atomic E-state index is -4.59. The molecule has 0 amide bonds. The number of phosphoric ester groups is 1. The molecular weight excluding hydrogens is 845 g/mol. The number of nitrogens with zero attached hydrogens (tertiary/aromatic N) is 4. The lowest BCUT2D eigenvalue weighted by Crippen LogP contribution is -2.46. The van der Waals surface area contributed by atoms with Gasteiger partial charge in [0.05, 0.1) is 30.5 Å². The molecule has 344 valence electrons. The smallest absolute Gasteiger partial charge is 0.402 e. The molecule has 0 radical (unpaired) electrons. The van der Waals surface area contributed by atoms with Gasteiger partial charge < -0.3 is 33.9 Å². The van der Waals surface area contributed by atoms with E-state index in [9.17, 15) is 9.83 Å². The Labute approximate surface area is 377 Å². The summed E-state index contributed by atoms with van der Waals surface area (Å²) in [7, 11) is -4.59. The molecule has 63 heavy (non-hydrogen) atoms. The highest BCUT2D eigenvalue weighted by atomic mass is 35.5. The van der Waals surface area contributed by atoms with E-state index in [4.69, 9.17) is 54.6 Å². The highest BCUT2D eigenvalue weighted by Crippen LogP contribution is 2.55. The summed E-state index contributed by atoms with van der Waals surface area (Å²) in [4.78, 5) is 4.08. The van der Waals surface area contributed by atoms with Crippen LogP contribution in [0.15, 0.2) is 73.1 Å². The molecule has 16 heteroatoms. The molecule has 2 aromatic carbocycles. The average molecular weight is 910 g/mol. The van der Waals surface area contributed by atoms with Crippen molar-refractivity contribution in [2.75, 3.05) is 32.2 Å². The molecule has 2 aliphatic rings. The number of phosphoric acid groups is 1. The number of nitrogen functional groups attached to an aromatic ring is 1. The largest absolute Gasteiger partial charge is 0.530 e. The summed E-state index contributed by atoms with van der Waals surface area (Å²) in [6.45, 7) is 5.92. The van der Waals surface area contributed by atoms with Gasteiger partial charge in [0, 0.05) is 6.61 Å². The molecule has 2 N–H and O–H groups in total. The van der Waals surface area contributed by atoms with Crippen molar-refractivity contribution in [3.05, 3.63) is 89.3 Å². The van der Waals surface area contributed by atoms with Crippen LogP contribution in [0.1, 0.15) is 128 Å². The lowest BCUT2D eigenvalue weighted by Gasteiger charge is -2.30. The van der Waals surface area contributed by atoms with Crippen LogP contribution >= 0.6 is 19.4 Å². The number of nitrogens with two attached hydrogens (primary N) is 1. The molecule has 6 rings (SSSR count). The number of halogens is 1. The Balaban J connectivity index is 1.08. The number of benzene rings is 2. The fraction of sp³-hybridized carbons (Fsp3) is 0.596. The summed E-state index contributed by atoms with van der Waals surface area (Å²) >= 11 is 6.48. The maximum Gasteiger partial charge on any atom is 0.530 e. The number of nitriles is 1. The fourth-order valence-electron chi connectivity index (χ4n) is 8.01. The van der Waals surface area contributed by atoms with Crippen LogP contribution in [-0.4, -0.2) is 70.7 Å². The number of unbranched alkanes of at least 4 members (excludes halogenated alkanes) is 13. The molecule has 0 spiro atoms. The van der Waals surface area contributed by atoms with Crippen LogP contribution < -0.4 is 10.3 Å². The zero-order valence-electron chi connectivity index (χ0n) is 37.0. The van der Waals surface area contributed by atoms with E-state index in [1.54, 1.807) is 54.8 Å². The summed E-state index contributed by atoms with van der Waals surface area (Å²) in [6.07, 6.45) is 15.9. The molecule has 4 aromatic rings. The number of ether oxygens (including phenoxy) is 5. The molecule has 4 heterocycles. The fourth-order valence-corrected chi connectivity index (χ4v) is 9.52. The van der Waals surface area contributed by atoms with E-state index >= 15 is 0 Å². The van der Waals surface area contributed by atoms with Crippen LogP contribution in [-0.2, 0) is 43.9 Å². The van der Waals surface area contributed by atoms with Gasteiger partial charge in [-0.1, -0.05) is 144 Å². The lowest BCUT2D eigenvalue weighted by molar-refractivity contribution is -0.204. The molecule has 0 aliphatic carbocycles. The van der Waals surface area contributed by atoms with E-state index in [1.807, 2.05) is 30.3 Å². The van der Waals surface area contributed by atoms with Crippen molar-refractivity contribution < 1.29 is 41.8 Å². The van der Waals surface area contributed by atoms with Crippen molar-refractivity contribution in [3.8, 4) is 11.8 Å². The Morgan fingerprint density at radius 1 is 0.857 bits per heavy atom. The van der Waals surface area contributed by atoms with Gasteiger partial charge in [-0.15, -0.1) is 0 Å². The molecule has 2 fully saturated rings. The molecule has 0 saturated carbocycles. The normalized spacial score (nSPS) is 21.9. The monoisotopic (exact) mass is 909 g/mol. The predicted octanol–water partition coefficient (Wildman–Crippen LogP) is 11.1. The molecular formula is C47H65ClN5O9P. The number of anilines is 1. The van der Waals surface area contributed by atoms with Crippen LogP contribution in [0.25, 0.3) is 5.52 Å². The Morgan fingerprint density at radius 3 is 2.21 bits per heavy atom. The first-order valence-electron chi connectivity index (χ1n) is 22.6. The van der Waals surface area contributed by atoms with Crippen molar-refractivity contribution in [3.63, 3.8) is 0 Å². The van der Waals surface area contributed by atoms with Crippen molar-refractivity contribution >= 4 is 30.8 Å². The highest BCUT2D eigenvalue weighted by molar-refractivity contribution is 7.49. The van der Waals surface area contributed by atoms with Gasteiger partial charge in [-0.05, 0) is 50.1 Å². The molecule has 2 aliphatic heterocycles. The van der Waals surface area contributed by atoms with Crippen molar-refractivity contribution in [1.29, 1.82) is 5.26 Å². The Morgan fingerprint density at radius 2 is 1.52 bits per heavy atom. The van der Waals surface area contributed by atoms with Crippen LogP contribution in [0, 0.1) is 11.3 Å². The second kappa shape index (κ2) is 24.1. The lowest BCUT2D eigenvalue weighted by atomic mass is 9.96. The zero-order chi connectivity index (χ0) is 44.5. The standard InChI is InChI=1S/C47H65ClN5O9P/c1-4-5-6-7-8-9-10-11-12-13-14-15-16-22-29-55-31-37(56-30-36-23-18-17-19-24-36)32-57-63(54,62-41-26-21-20-25-38(41)48)58-34-47(33-49)44-43(59-46(2,3)61-44)42(60-47)39-27-28-40-45(50)51-35-52-53(39)40/h17-21,23-28,35,37,42-44H,4-16,22,29-32,34H2,1-3H3,(H2,50,51,52)/t37-,42-,43?,44?,47+,63?/m0/s1. The van der Waals surface area contributed by atoms with Crippen LogP contribution in [0.4, 0.5) is 5.82 Å². The van der Waals surface area contributed by atoms with Gasteiger partial charge in [-0.25, -0.2) is 14.1 Å². The second-order valence-electron chi connectivity index (χ2n) is 16.9. The third-order valence-electron chi connectivity index (χ3n) is 11.4. The maximum atomic E-state index is 14.8. The SMILES string of the molecule is CCCCCCCCCCCCCCCCOC[C@@H](COP(=O)(OC[C@@]1(C#N)O[C@@H](c2ccc3c(N)ncnn23)C2OC(C)(C)OC21)Oc1ccccc1Cl)OCc1ccccc1.